The third-order valence-electron chi connectivity index (χ3n) is 2.73. The van der Waals surface area contributed by atoms with Crippen LogP contribution in [-0.2, 0) is 0 Å². The van der Waals surface area contributed by atoms with Gasteiger partial charge in [-0.25, -0.2) is 10.1 Å². The molecule has 1 aromatic heterocycles. The van der Waals surface area contributed by atoms with Crippen LogP contribution in [0.15, 0.2) is 28.0 Å². The predicted molar refractivity (Wildman–Crippen MR) is 92.5 cm³/mol. The minimum absolute atomic E-state index is 0.341. The van der Waals surface area contributed by atoms with Crippen molar-refractivity contribution in [2.75, 3.05) is 24.5 Å². The normalized spacial score (nSPS) is 10.9. The zero-order valence-electron chi connectivity index (χ0n) is 13.0. The molecule has 8 nitrogen and oxygen atoms in total. The quantitative estimate of drug-likeness (QED) is 0.413. The Morgan fingerprint density at radius 1 is 1.39 bits per heavy atom. The van der Waals surface area contributed by atoms with Gasteiger partial charge in [0.2, 0.25) is 0 Å². The van der Waals surface area contributed by atoms with Crippen LogP contribution in [-0.4, -0.2) is 34.3 Å². The molecule has 0 saturated carbocycles. The molecule has 0 amide bonds. The highest BCUT2D eigenvalue weighted by atomic mass is 79.9. The highest BCUT2D eigenvalue weighted by molar-refractivity contribution is 9.10. The summed E-state index contributed by atoms with van der Waals surface area (Å²) in [5, 5.41) is 11.5. The molecular weight excluding hydrogens is 364 g/mol. The van der Waals surface area contributed by atoms with E-state index in [1.807, 2.05) is 19.1 Å². The molecule has 0 bridgehead atoms. The van der Waals surface area contributed by atoms with Crippen LogP contribution in [0.4, 0.5) is 5.95 Å². The van der Waals surface area contributed by atoms with Crippen molar-refractivity contribution in [3.05, 3.63) is 28.5 Å². The van der Waals surface area contributed by atoms with E-state index in [1.165, 1.54) is 11.0 Å². The smallest absolute Gasteiger partial charge is 0.263 e. The average molecular weight is 383 g/mol. The molecule has 0 saturated heterocycles. The number of nitrogens with one attached hydrogen (secondary N) is 1. The van der Waals surface area contributed by atoms with E-state index in [4.69, 9.17) is 15.3 Å². The van der Waals surface area contributed by atoms with E-state index in [-0.39, 0.29) is 0 Å². The Morgan fingerprint density at radius 3 is 2.87 bits per heavy atom. The summed E-state index contributed by atoms with van der Waals surface area (Å²) in [6.07, 6.45) is 3.93. The number of anilines is 1. The summed E-state index contributed by atoms with van der Waals surface area (Å²) in [4.78, 5) is 0. The van der Waals surface area contributed by atoms with Crippen LogP contribution < -0.4 is 20.7 Å². The van der Waals surface area contributed by atoms with Crippen LogP contribution in [0, 0.1) is 0 Å². The van der Waals surface area contributed by atoms with Crippen LogP contribution in [0.1, 0.15) is 25.8 Å². The number of hydrogen-bond donors (Lipinski definition) is 2. The standard InChI is InChI=1S/C14H19BrN6O2/c1-3-5-23-13-11(15)6-10(7-12(13)22-4-2)8-17-19-14-20-18-9-21(14)16/h6-9H,3-5,16H2,1-2H3,(H,19,20). The van der Waals surface area contributed by atoms with Crippen molar-refractivity contribution in [3.63, 3.8) is 0 Å². The Balaban J connectivity index is 2.17. The maximum Gasteiger partial charge on any atom is 0.263 e. The van der Waals surface area contributed by atoms with E-state index in [9.17, 15) is 0 Å². The molecule has 0 atom stereocenters. The minimum atomic E-state index is 0.341. The van der Waals surface area contributed by atoms with Gasteiger partial charge in [0.1, 0.15) is 6.33 Å². The van der Waals surface area contributed by atoms with Gasteiger partial charge in [0.25, 0.3) is 5.95 Å². The van der Waals surface area contributed by atoms with E-state index in [0.29, 0.717) is 30.7 Å². The van der Waals surface area contributed by atoms with Crippen LogP contribution in [0.2, 0.25) is 0 Å². The second kappa shape index (κ2) is 8.37. The third kappa shape index (κ3) is 4.59. The number of hydrogen-bond acceptors (Lipinski definition) is 7. The minimum Gasteiger partial charge on any atom is -0.490 e. The zero-order chi connectivity index (χ0) is 16.7. The Labute approximate surface area is 142 Å². The van der Waals surface area contributed by atoms with Crippen molar-refractivity contribution in [3.8, 4) is 11.5 Å². The van der Waals surface area contributed by atoms with E-state index in [1.54, 1.807) is 6.21 Å². The summed E-state index contributed by atoms with van der Waals surface area (Å²) in [5.74, 6) is 7.29. The molecule has 124 valence electrons. The van der Waals surface area contributed by atoms with E-state index < -0.39 is 0 Å². The molecule has 1 aromatic carbocycles. The molecule has 1 heterocycles. The number of benzene rings is 1. The number of nitrogens with two attached hydrogens (primary N) is 1. The second-order valence-electron chi connectivity index (χ2n) is 4.54. The van der Waals surface area contributed by atoms with E-state index in [0.717, 1.165) is 16.5 Å². The van der Waals surface area contributed by atoms with Gasteiger partial charge in [-0.3, -0.25) is 0 Å². The summed E-state index contributed by atoms with van der Waals surface area (Å²) in [6.45, 7) is 5.15. The Morgan fingerprint density at radius 2 is 2.22 bits per heavy atom. The summed E-state index contributed by atoms with van der Waals surface area (Å²) >= 11 is 3.51. The highest BCUT2D eigenvalue weighted by Gasteiger charge is 2.11. The van der Waals surface area contributed by atoms with Crippen LogP contribution in [0.25, 0.3) is 0 Å². The monoisotopic (exact) mass is 382 g/mol. The van der Waals surface area contributed by atoms with Gasteiger partial charge in [-0.15, -0.1) is 10.2 Å². The van der Waals surface area contributed by atoms with Crippen molar-refractivity contribution in [2.45, 2.75) is 20.3 Å². The molecule has 0 aliphatic rings. The molecule has 23 heavy (non-hydrogen) atoms. The Kier molecular flexibility index (Phi) is 6.21. The molecule has 0 radical (unpaired) electrons. The van der Waals surface area contributed by atoms with Gasteiger partial charge in [-0.1, -0.05) is 6.92 Å². The molecule has 0 spiro atoms. The van der Waals surface area contributed by atoms with Crippen molar-refractivity contribution in [1.82, 2.24) is 14.9 Å². The first-order valence-corrected chi connectivity index (χ1v) is 7.98. The maximum atomic E-state index is 5.73. The zero-order valence-corrected chi connectivity index (χ0v) is 14.6. The van der Waals surface area contributed by atoms with Gasteiger partial charge in [0, 0.05) is 0 Å². The molecule has 2 rings (SSSR count). The van der Waals surface area contributed by atoms with E-state index in [2.05, 4.69) is 43.6 Å². The number of rotatable bonds is 8. The second-order valence-corrected chi connectivity index (χ2v) is 5.40. The van der Waals surface area contributed by atoms with Crippen LogP contribution >= 0.6 is 15.9 Å². The molecule has 0 aliphatic heterocycles. The first-order chi connectivity index (χ1) is 11.2. The van der Waals surface area contributed by atoms with Crippen molar-refractivity contribution in [2.24, 2.45) is 5.10 Å². The lowest BCUT2D eigenvalue weighted by Crippen LogP contribution is -2.10. The third-order valence-corrected chi connectivity index (χ3v) is 3.32. The summed E-state index contributed by atoms with van der Waals surface area (Å²) in [6, 6.07) is 3.75. The lowest BCUT2D eigenvalue weighted by molar-refractivity contribution is 0.275. The fraction of sp³-hybridized carbons (Fsp3) is 0.357. The van der Waals surface area contributed by atoms with Gasteiger partial charge in [-0.2, -0.15) is 5.10 Å². The summed E-state index contributed by atoms with van der Waals surface area (Å²) in [7, 11) is 0. The number of nitrogens with zero attached hydrogens (tertiary/aromatic N) is 4. The predicted octanol–water partition coefficient (Wildman–Crippen LogP) is 2.39. The first kappa shape index (κ1) is 17.1. The largest absolute Gasteiger partial charge is 0.490 e. The van der Waals surface area contributed by atoms with Gasteiger partial charge in [-0.05, 0) is 47.0 Å². The highest BCUT2D eigenvalue weighted by Crippen LogP contribution is 2.36. The van der Waals surface area contributed by atoms with Gasteiger partial charge >= 0.3 is 0 Å². The number of hydrazone groups is 1. The topological polar surface area (TPSA) is 99.6 Å². The fourth-order valence-corrected chi connectivity index (χ4v) is 2.33. The fourth-order valence-electron chi connectivity index (χ4n) is 1.76. The molecule has 3 N–H and O–H groups in total. The SMILES string of the molecule is CCCOc1c(Br)cc(C=NNc2nncn2N)cc1OCC. The molecule has 0 aliphatic carbocycles. The van der Waals surface area contributed by atoms with E-state index >= 15 is 0 Å². The van der Waals surface area contributed by atoms with Gasteiger partial charge in [0.05, 0.1) is 23.9 Å². The summed E-state index contributed by atoms with van der Waals surface area (Å²) < 4.78 is 13.4. The lowest BCUT2D eigenvalue weighted by atomic mass is 10.2. The van der Waals surface area contributed by atoms with Crippen molar-refractivity contribution in [1.29, 1.82) is 0 Å². The molecule has 0 unspecified atom stereocenters. The lowest BCUT2D eigenvalue weighted by Gasteiger charge is -2.14. The van der Waals surface area contributed by atoms with Crippen LogP contribution in [0.3, 0.4) is 0 Å². The number of nitrogen functional groups attached to an aromatic ring is 1. The average Bonchev–Trinajstić information content (AvgIpc) is 2.92. The molecule has 2 aromatic rings. The summed E-state index contributed by atoms with van der Waals surface area (Å²) in [5.41, 5.74) is 3.54. The van der Waals surface area contributed by atoms with Gasteiger partial charge < -0.3 is 15.3 Å². The molecule has 9 heteroatoms. The Hall–Kier alpha value is -2.29. The molecule has 0 fully saturated rings. The van der Waals surface area contributed by atoms with Crippen LogP contribution in [0.5, 0.6) is 11.5 Å². The Bertz CT molecular complexity index is 673. The number of halogens is 1. The van der Waals surface area contributed by atoms with Crippen molar-refractivity contribution < 1.29 is 9.47 Å². The van der Waals surface area contributed by atoms with Crippen molar-refractivity contribution >= 4 is 28.1 Å². The first-order valence-electron chi connectivity index (χ1n) is 7.19. The molecular formula is C14H19BrN6O2. The number of aromatic nitrogens is 3. The number of ether oxygens (including phenoxy) is 2. The van der Waals surface area contributed by atoms with Gasteiger partial charge in [0.15, 0.2) is 11.5 Å². The maximum absolute atomic E-state index is 5.73.